The largest absolute Gasteiger partial charge is 0.478 e. The number of aromatic carboxylic acids is 1. The Bertz CT molecular complexity index is 663. The van der Waals surface area contributed by atoms with Gasteiger partial charge in [-0.3, -0.25) is 0 Å². The van der Waals surface area contributed by atoms with Crippen LogP contribution in [0, 0.1) is 0 Å². The van der Waals surface area contributed by atoms with Crippen LogP contribution in [0.3, 0.4) is 0 Å². The van der Waals surface area contributed by atoms with Gasteiger partial charge in [-0.1, -0.05) is 64.7 Å². The number of hydrogen-bond donors (Lipinski definition) is 1. The van der Waals surface area contributed by atoms with E-state index in [4.69, 9.17) is 0 Å². The summed E-state index contributed by atoms with van der Waals surface area (Å²) in [6.45, 7) is 2.22. The van der Waals surface area contributed by atoms with Crippen LogP contribution in [-0.4, -0.2) is 23.0 Å². The Morgan fingerprint density at radius 1 is 0.846 bits per heavy atom. The molecule has 1 aromatic rings. The van der Waals surface area contributed by atoms with Crippen LogP contribution in [0.15, 0.2) is 12.1 Å². The van der Waals surface area contributed by atoms with E-state index in [2.05, 4.69) is 11.7 Å². The maximum Gasteiger partial charge on any atom is 0.346 e. The maximum atomic E-state index is 11.7. The molecule has 0 aliphatic carbocycles. The van der Waals surface area contributed by atoms with Gasteiger partial charge in [0.25, 0.3) is 0 Å². The summed E-state index contributed by atoms with van der Waals surface area (Å²) in [7, 11) is 0. The van der Waals surface area contributed by atoms with Crippen molar-refractivity contribution in [3.05, 3.63) is 34.4 Å². The molecule has 1 aromatic carbocycles. The zero-order chi connectivity index (χ0) is 18.9. The highest BCUT2D eigenvalue weighted by Gasteiger charge is 2.31. The minimum Gasteiger partial charge on any atom is -0.478 e. The lowest BCUT2D eigenvalue weighted by Gasteiger charge is -2.08. The molecule has 1 N–H and O–H groups in total. The van der Waals surface area contributed by atoms with Crippen molar-refractivity contribution in [2.75, 3.05) is 0 Å². The zero-order valence-corrected chi connectivity index (χ0v) is 15.5. The number of aryl methyl sites for hydroxylation is 1. The Labute approximate surface area is 154 Å². The van der Waals surface area contributed by atoms with Gasteiger partial charge in [0.1, 0.15) is 0 Å². The summed E-state index contributed by atoms with van der Waals surface area (Å²) < 4.78 is 4.56. The summed E-state index contributed by atoms with van der Waals surface area (Å²) >= 11 is 0. The highest BCUT2D eigenvalue weighted by Crippen LogP contribution is 2.26. The van der Waals surface area contributed by atoms with Crippen molar-refractivity contribution < 1.29 is 24.2 Å². The number of hydrogen-bond acceptors (Lipinski definition) is 4. The number of fused-ring (bicyclic) bond motifs is 1. The van der Waals surface area contributed by atoms with Gasteiger partial charge in [-0.05, 0) is 30.5 Å². The van der Waals surface area contributed by atoms with E-state index in [9.17, 15) is 19.5 Å². The smallest absolute Gasteiger partial charge is 0.346 e. The Morgan fingerprint density at radius 2 is 1.35 bits per heavy atom. The zero-order valence-electron chi connectivity index (χ0n) is 15.5. The first kappa shape index (κ1) is 20.1. The molecule has 1 heterocycles. The van der Waals surface area contributed by atoms with Gasteiger partial charge in [0.05, 0.1) is 16.7 Å². The fraction of sp³-hybridized carbons (Fsp3) is 0.571. The lowest BCUT2D eigenvalue weighted by Crippen LogP contribution is -2.06. The van der Waals surface area contributed by atoms with Crippen molar-refractivity contribution in [2.45, 2.75) is 77.6 Å². The molecule has 0 aromatic heterocycles. The van der Waals surface area contributed by atoms with Crippen LogP contribution in [0.2, 0.25) is 0 Å². The number of ether oxygens (including phenoxy) is 1. The Kier molecular flexibility index (Phi) is 7.82. The molecule has 0 bridgehead atoms. The maximum absolute atomic E-state index is 11.7. The number of esters is 2. The predicted molar refractivity (Wildman–Crippen MR) is 98.7 cm³/mol. The van der Waals surface area contributed by atoms with E-state index in [1.54, 1.807) is 0 Å². The molecule has 142 valence electrons. The average molecular weight is 360 g/mol. The third kappa shape index (κ3) is 5.41. The molecule has 0 unspecified atom stereocenters. The number of carboxylic acid groups (broad SMARTS) is 1. The normalized spacial score (nSPS) is 13.0. The summed E-state index contributed by atoms with van der Waals surface area (Å²) in [5.41, 5.74) is 0.926. The molecule has 1 aliphatic rings. The van der Waals surface area contributed by atoms with E-state index < -0.39 is 17.9 Å². The van der Waals surface area contributed by atoms with Crippen LogP contribution in [0.5, 0.6) is 0 Å². The van der Waals surface area contributed by atoms with Crippen molar-refractivity contribution in [1.82, 2.24) is 0 Å². The minimum absolute atomic E-state index is 0.0548. The lowest BCUT2D eigenvalue weighted by molar-refractivity contribution is 0.0443. The molecule has 2 rings (SSSR count). The molecule has 26 heavy (non-hydrogen) atoms. The molecule has 0 amide bonds. The van der Waals surface area contributed by atoms with Gasteiger partial charge >= 0.3 is 17.9 Å². The monoisotopic (exact) mass is 360 g/mol. The molecule has 0 atom stereocenters. The Balaban J connectivity index is 1.79. The number of carboxylic acids is 1. The van der Waals surface area contributed by atoms with Crippen molar-refractivity contribution in [3.63, 3.8) is 0 Å². The van der Waals surface area contributed by atoms with E-state index in [1.807, 2.05) is 0 Å². The first-order chi connectivity index (χ1) is 12.5. The van der Waals surface area contributed by atoms with Gasteiger partial charge < -0.3 is 9.84 Å². The van der Waals surface area contributed by atoms with Gasteiger partial charge in [0, 0.05) is 0 Å². The standard InChI is InChI=1S/C21H28O5/c1-2-3-4-5-6-7-8-9-10-11-12-15-13-17-18(14-16(15)19(22)23)21(25)26-20(17)24/h13-14H,2-12H2,1H3,(H,22,23). The molecule has 0 radical (unpaired) electrons. The number of rotatable bonds is 12. The summed E-state index contributed by atoms with van der Waals surface area (Å²) in [6, 6.07) is 2.79. The highest BCUT2D eigenvalue weighted by molar-refractivity contribution is 6.15. The second-order valence-corrected chi connectivity index (χ2v) is 6.97. The van der Waals surface area contributed by atoms with Crippen LogP contribution in [0.1, 0.15) is 108 Å². The van der Waals surface area contributed by atoms with E-state index in [0.29, 0.717) is 12.0 Å². The third-order valence-electron chi connectivity index (χ3n) is 4.90. The van der Waals surface area contributed by atoms with Crippen LogP contribution in [0.4, 0.5) is 0 Å². The molecule has 1 aliphatic heterocycles. The van der Waals surface area contributed by atoms with Gasteiger partial charge in [-0.15, -0.1) is 0 Å². The molecular formula is C21H28O5. The fourth-order valence-electron chi connectivity index (χ4n) is 3.39. The number of benzene rings is 1. The van der Waals surface area contributed by atoms with Crippen molar-refractivity contribution in [2.24, 2.45) is 0 Å². The van der Waals surface area contributed by atoms with E-state index in [0.717, 1.165) is 19.3 Å². The Hall–Kier alpha value is -2.17. The van der Waals surface area contributed by atoms with Crippen molar-refractivity contribution >= 4 is 17.9 Å². The second-order valence-electron chi connectivity index (χ2n) is 6.97. The van der Waals surface area contributed by atoms with Crippen molar-refractivity contribution in [1.29, 1.82) is 0 Å². The van der Waals surface area contributed by atoms with Crippen LogP contribution in [0.25, 0.3) is 0 Å². The van der Waals surface area contributed by atoms with Crippen LogP contribution in [-0.2, 0) is 11.2 Å². The second kappa shape index (κ2) is 10.1. The van der Waals surface area contributed by atoms with Gasteiger partial charge in [-0.2, -0.15) is 0 Å². The molecule has 5 nitrogen and oxygen atoms in total. The molecule has 0 saturated carbocycles. The summed E-state index contributed by atoms with van der Waals surface area (Å²) in [5, 5.41) is 9.37. The first-order valence-electron chi connectivity index (χ1n) is 9.71. The van der Waals surface area contributed by atoms with Gasteiger partial charge in [0.15, 0.2) is 0 Å². The number of unbranched alkanes of at least 4 members (excludes halogenated alkanes) is 9. The minimum atomic E-state index is -1.08. The molecule has 5 heteroatoms. The summed E-state index contributed by atoms with van der Waals surface area (Å²) in [6.07, 6.45) is 12.7. The summed E-state index contributed by atoms with van der Waals surface area (Å²) in [5.74, 6) is -2.54. The SMILES string of the molecule is CCCCCCCCCCCCc1cc2c(cc1C(=O)O)C(=O)OC2=O. The van der Waals surface area contributed by atoms with Gasteiger partial charge in [0.2, 0.25) is 0 Å². The van der Waals surface area contributed by atoms with E-state index >= 15 is 0 Å². The lowest BCUT2D eigenvalue weighted by atomic mass is 9.95. The number of carbonyl (C=O) groups is 3. The molecule has 0 fully saturated rings. The number of carbonyl (C=O) groups excluding carboxylic acids is 2. The van der Waals surface area contributed by atoms with Gasteiger partial charge in [-0.25, -0.2) is 14.4 Å². The summed E-state index contributed by atoms with van der Waals surface area (Å²) in [4.78, 5) is 34.7. The third-order valence-corrected chi connectivity index (χ3v) is 4.90. The van der Waals surface area contributed by atoms with E-state index in [1.165, 1.54) is 57.1 Å². The molecule has 0 spiro atoms. The topological polar surface area (TPSA) is 80.7 Å². The quantitative estimate of drug-likeness (QED) is 0.316. The number of cyclic esters (lactones) is 2. The average Bonchev–Trinajstić information content (AvgIpc) is 2.89. The fourth-order valence-corrected chi connectivity index (χ4v) is 3.39. The van der Waals surface area contributed by atoms with Crippen LogP contribution >= 0.6 is 0 Å². The first-order valence-corrected chi connectivity index (χ1v) is 9.71. The van der Waals surface area contributed by atoms with E-state index in [-0.39, 0.29) is 16.7 Å². The Morgan fingerprint density at radius 3 is 1.88 bits per heavy atom. The van der Waals surface area contributed by atoms with Crippen LogP contribution < -0.4 is 0 Å². The highest BCUT2D eigenvalue weighted by atomic mass is 16.6. The molecule has 0 saturated heterocycles. The molecular weight excluding hydrogens is 332 g/mol. The van der Waals surface area contributed by atoms with Crippen molar-refractivity contribution in [3.8, 4) is 0 Å². The predicted octanol–water partition coefficient (Wildman–Crippen LogP) is 5.16.